The van der Waals surface area contributed by atoms with E-state index in [9.17, 15) is 41.1 Å². The van der Waals surface area contributed by atoms with Crippen LogP contribution in [0.3, 0.4) is 0 Å². The minimum absolute atomic E-state index is 0.0260. The molecule has 4 aromatic heterocycles. The van der Waals surface area contributed by atoms with Gasteiger partial charge >= 0.3 is 6.18 Å². The molecule has 12 aromatic rings. The number of thiocarbonyl (C=S) groups is 4. The third-order valence-electron chi connectivity index (χ3n) is 21.3. The molecule has 40 heteroatoms. The van der Waals surface area contributed by atoms with Crippen LogP contribution in [0.1, 0.15) is 102 Å². The number of ether oxygens (including phenoxy) is 8. The molecule has 0 spiro atoms. The molecule has 0 radical (unpaired) electrons. The maximum Gasteiger partial charge on any atom is 0.418 e. The number of methoxy groups -OCH3 is 4. The number of nitrogens with one attached hydrogen (secondary N) is 2. The quantitative estimate of drug-likeness (QED) is 0.0242. The number of halogens is 11. The van der Waals surface area contributed by atoms with E-state index in [1.165, 1.54) is 132 Å². The third kappa shape index (κ3) is 22.9. The van der Waals surface area contributed by atoms with Crippen LogP contribution in [0.15, 0.2) is 152 Å². The molecule has 4 amide bonds. The maximum absolute atomic E-state index is 15.1. The second-order valence-corrected chi connectivity index (χ2v) is 33.0. The molecule has 16 rings (SSSR count). The van der Waals surface area contributed by atoms with Gasteiger partial charge in [0.2, 0.25) is 0 Å². The number of likely N-dealkylation sites (tertiary alicyclic amines) is 3. The number of carbonyl (C=O) groups is 4. The topological polar surface area (TPSA) is 332 Å². The molecule has 0 bridgehead atoms. The SMILES string of the molecule is COc1cc2nccc(Oc3ccc(CC(=S)N4CCC(F)C4)c(Cl)c3F)c2cc1C(N)=O.COc1cc2nccc(Oc3ccc(CC(=S)N4CCC(F)C4)c(Cl)c3F)c2cc1C(N)=O.COc1cc2nccc(Oc3ccc(CC(=S)N4CCCC4)c(Cl)c3F)c2cc1C(N)=O.COc1cc2nccc(Oc3ccc(NC(=S)NC4CC4)c(C(F)(F)F)c3)c2cc1C(N)=O. The number of carbonyl (C=O) groups excluding carboxylic acids is 4. The van der Waals surface area contributed by atoms with Crippen LogP contribution in [0.4, 0.5) is 40.8 Å². The first-order chi connectivity index (χ1) is 62.6. The van der Waals surface area contributed by atoms with Gasteiger partial charge in [0.1, 0.15) is 64.1 Å². The van der Waals surface area contributed by atoms with E-state index in [0.717, 1.165) is 49.8 Å². The lowest BCUT2D eigenvalue weighted by Crippen LogP contribution is -2.31. The van der Waals surface area contributed by atoms with Gasteiger partial charge in [0.25, 0.3) is 23.6 Å². The molecule has 10 N–H and O–H groups in total. The number of hydrogen-bond acceptors (Lipinski definition) is 20. The summed E-state index contributed by atoms with van der Waals surface area (Å²) >= 11 is 40.2. The van der Waals surface area contributed by atoms with E-state index >= 15 is 13.2 Å². The van der Waals surface area contributed by atoms with Crippen molar-refractivity contribution in [3.05, 3.63) is 229 Å². The van der Waals surface area contributed by atoms with Gasteiger partial charge in [-0.1, -0.05) is 89.7 Å². The van der Waals surface area contributed by atoms with Gasteiger partial charge in [-0.15, -0.1) is 0 Å². The predicted molar refractivity (Wildman–Crippen MR) is 497 cm³/mol. The Kier molecular flexibility index (Phi) is 30.8. The van der Waals surface area contributed by atoms with Gasteiger partial charge < -0.3 is 86.2 Å². The van der Waals surface area contributed by atoms with Crippen molar-refractivity contribution in [1.29, 1.82) is 0 Å². The summed E-state index contributed by atoms with van der Waals surface area (Å²) in [5, 5.41) is 7.18. The van der Waals surface area contributed by atoms with E-state index < -0.39 is 65.2 Å². The number of anilines is 1. The summed E-state index contributed by atoms with van der Waals surface area (Å²) in [7, 11) is 5.65. The van der Waals surface area contributed by atoms with Crippen molar-refractivity contribution < 1.29 is 92.2 Å². The summed E-state index contributed by atoms with van der Waals surface area (Å²) in [6.07, 6.45) is 5.25. The highest BCUT2D eigenvalue weighted by Crippen LogP contribution is 2.44. The number of pyridine rings is 4. The van der Waals surface area contributed by atoms with Gasteiger partial charge in [0.15, 0.2) is 39.8 Å². The van der Waals surface area contributed by atoms with Crippen molar-refractivity contribution in [3.8, 4) is 69.0 Å². The monoisotopic (exact) mass is 1930 g/mol. The van der Waals surface area contributed by atoms with Crippen LogP contribution in [-0.4, -0.2) is 164 Å². The number of hydrogen-bond donors (Lipinski definition) is 6. The fourth-order valence-corrected chi connectivity index (χ4v) is 16.3. The first kappa shape index (κ1) is 95.9. The van der Waals surface area contributed by atoms with Crippen LogP contribution in [0.2, 0.25) is 15.1 Å². The van der Waals surface area contributed by atoms with Crippen molar-refractivity contribution in [2.45, 2.75) is 82.3 Å². The Labute approximate surface area is 780 Å². The number of fused-ring (bicyclic) bond motifs is 4. The molecule has 7 heterocycles. The fourth-order valence-electron chi connectivity index (χ4n) is 14.4. The molecule has 4 fully saturated rings. The average molecular weight is 1930 g/mol. The van der Waals surface area contributed by atoms with Gasteiger partial charge in [0.05, 0.1) is 114 Å². The Bertz CT molecular complexity index is 6320. The third-order valence-corrected chi connectivity index (χ3v) is 24.0. The van der Waals surface area contributed by atoms with Crippen LogP contribution in [-0.2, 0) is 25.4 Å². The number of nitrogens with two attached hydrogens (primary N) is 4. The number of benzene rings is 8. The zero-order valence-corrected chi connectivity index (χ0v) is 75.4. The number of aromatic nitrogens is 4. The predicted octanol–water partition coefficient (Wildman–Crippen LogP) is 19.2. The number of rotatable bonds is 24. The molecule has 4 aliphatic rings. The lowest BCUT2D eigenvalue weighted by molar-refractivity contribution is -0.137. The molecular formula is C91H80Cl3F8N13O12S4. The summed E-state index contributed by atoms with van der Waals surface area (Å²) in [4.78, 5) is 71.6. The minimum atomic E-state index is -4.65. The highest BCUT2D eigenvalue weighted by molar-refractivity contribution is 7.81. The first-order valence-corrected chi connectivity index (χ1v) is 43.0. The Morgan fingerprint density at radius 1 is 0.420 bits per heavy atom. The van der Waals surface area contributed by atoms with E-state index in [4.69, 9.17) is 145 Å². The number of alkyl halides is 5. The van der Waals surface area contributed by atoms with E-state index in [2.05, 4.69) is 35.5 Å². The van der Waals surface area contributed by atoms with E-state index in [0.29, 0.717) is 114 Å². The molecule has 682 valence electrons. The highest BCUT2D eigenvalue weighted by atomic mass is 35.5. The lowest BCUT2D eigenvalue weighted by Gasteiger charge is -2.19. The summed E-state index contributed by atoms with van der Waals surface area (Å²) in [6, 6.07) is 31.3. The highest BCUT2D eigenvalue weighted by Gasteiger charge is 2.36. The van der Waals surface area contributed by atoms with Gasteiger partial charge in [-0.3, -0.25) is 39.1 Å². The van der Waals surface area contributed by atoms with Crippen molar-refractivity contribution in [3.63, 3.8) is 0 Å². The van der Waals surface area contributed by atoms with Crippen molar-refractivity contribution in [2.24, 2.45) is 22.9 Å². The minimum Gasteiger partial charge on any atom is -0.496 e. The van der Waals surface area contributed by atoms with Gasteiger partial charge in [0, 0.05) is 135 Å². The lowest BCUT2D eigenvalue weighted by atomic mass is 10.1. The molecule has 2 unspecified atom stereocenters. The summed E-state index contributed by atoms with van der Waals surface area (Å²) in [5.41, 5.74) is 24.6. The summed E-state index contributed by atoms with van der Waals surface area (Å²) in [6.45, 7) is 3.41. The number of primary amides is 4. The Morgan fingerprint density at radius 3 is 1.03 bits per heavy atom. The van der Waals surface area contributed by atoms with E-state index in [1.807, 2.05) is 0 Å². The van der Waals surface area contributed by atoms with Crippen LogP contribution in [0.5, 0.6) is 69.0 Å². The molecule has 1 saturated carbocycles. The van der Waals surface area contributed by atoms with E-state index in [1.54, 1.807) is 52.3 Å². The summed E-state index contributed by atoms with van der Waals surface area (Å²) in [5.74, 6) is -3.19. The molecular weight excluding hydrogens is 1850 g/mol. The van der Waals surface area contributed by atoms with Gasteiger partial charge in [-0.2, -0.15) is 13.2 Å². The van der Waals surface area contributed by atoms with Crippen molar-refractivity contribution in [2.75, 3.05) is 73.0 Å². The molecule has 8 aromatic carbocycles. The second-order valence-electron chi connectivity index (χ2n) is 30.1. The standard InChI is InChI=1S/2C23H20ClF2N3O3S.C23H21ClFN3O3S.C22H19F3N4O3S/c2*1-31-19-10-16-14(9-15(19)23(27)30)17(4-6-28-16)32-18-3-2-12(21(24)22(18)26)8-20(33)29-7-5-13(25)11-29;1-30-19-12-16-14(11-15(19)23(26)29)17(6-7-27-16)31-18-5-4-13(21(24)22(18)25)10-20(32)28-8-2-3-9-28;1-31-19-10-17-13(9-14(19)20(26)30)18(6-7-27-17)32-12-4-5-16(15(8-12)22(23,24)25)29-21(33)28-11-2-3-11/h2*2-4,6,9-10,13H,5,7-8,11H2,1H3,(H2,27,30);4-7,11-12H,2-3,8-10H2,1H3,(H2,26,29);4-11H,2-3H2,1H3,(H2,26,30)(H2,28,29,33). The van der Waals surface area contributed by atoms with Crippen LogP contribution in [0.25, 0.3) is 43.6 Å². The molecule has 2 atom stereocenters. The Balaban J connectivity index is 0.000000149. The maximum atomic E-state index is 15.1. The molecule has 25 nitrogen and oxygen atoms in total. The zero-order chi connectivity index (χ0) is 94.0. The molecule has 3 aliphatic heterocycles. The zero-order valence-electron chi connectivity index (χ0n) is 69.9. The average Bonchev–Trinajstić information content (AvgIpc) is 1.63. The first-order valence-electron chi connectivity index (χ1n) is 40.2. The Morgan fingerprint density at radius 2 is 0.740 bits per heavy atom. The van der Waals surface area contributed by atoms with Crippen molar-refractivity contribution >= 4 is 177 Å². The van der Waals surface area contributed by atoms with Crippen molar-refractivity contribution in [1.82, 2.24) is 40.0 Å². The van der Waals surface area contributed by atoms with Crippen LogP contribution >= 0.6 is 83.7 Å². The van der Waals surface area contributed by atoms with E-state index in [-0.39, 0.29) is 138 Å². The smallest absolute Gasteiger partial charge is 0.418 e. The number of amides is 4. The molecule has 131 heavy (non-hydrogen) atoms. The largest absolute Gasteiger partial charge is 0.496 e. The number of nitrogens with zero attached hydrogens (tertiary/aromatic N) is 7. The van der Waals surface area contributed by atoms with Crippen LogP contribution < -0.4 is 71.5 Å². The fraction of sp³-hybridized carbons (Fsp3) is 0.253. The normalized spacial score (nSPS) is 14.5. The molecule has 3 saturated heterocycles. The van der Waals surface area contributed by atoms with Crippen LogP contribution in [0, 0.1) is 17.5 Å². The summed E-state index contributed by atoms with van der Waals surface area (Å²) < 4.78 is 157. The second kappa shape index (κ2) is 42.1. The molecule has 1 aliphatic carbocycles. The Hall–Kier alpha value is -12.7. The van der Waals surface area contributed by atoms with Gasteiger partial charge in [-0.05, 0) is 152 Å². The van der Waals surface area contributed by atoms with Gasteiger partial charge in [-0.25, -0.2) is 22.0 Å².